The van der Waals surface area contributed by atoms with Crippen LogP contribution in [0.15, 0.2) is 12.4 Å². The number of nitrogens with zero attached hydrogens (tertiary/aromatic N) is 3. The van der Waals surface area contributed by atoms with Crippen LogP contribution in [0.1, 0.15) is 50.5 Å². The van der Waals surface area contributed by atoms with E-state index < -0.39 is 0 Å². The van der Waals surface area contributed by atoms with Crippen molar-refractivity contribution >= 4 is 5.91 Å². The van der Waals surface area contributed by atoms with Crippen molar-refractivity contribution in [3.63, 3.8) is 0 Å². The number of rotatable bonds is 6. The van der Waals surface area contributed by atoms with Gasteiger partial charge in [-0.15, -0.1) is 0 Å². The quantitative estimate of drug-likeness (QED) is 0.810. The molecule has 3 aliphatic rings. The molecule has 0 N–H and O–H groups in total. The molecule has 120 valence electrons. The average molecular weight is 301 g/mol. The molecule has 3 fully saturated rings. The van der Waals surface area contributed by atoms with Gasteiger partial charge >= 0.3 is 0 Å². The highest BCUT2D eigenvalue weighted by atomic mass is 16.2. The van der Waals surface area contributed by atoms with Gasteiger partial charge < -0.3 is 4.90 Å². The highest BCUT2D eigenvalue weighted by molar-refractivity contribution is 5.77. The van der Waals surface area contributed by atoms with Gasteiger partial charge in [0.25, 0.3) is 0 Å². The second kappa shape index (κ2) is 5.71. The SMILES string of the molecule is Cc1cnn(C[C@H]2CCCN2C(=O)CC(C2CC2)C2CC2)c1. The fourth-order valence-corrected chi connectivity index (χ4v) is 4.22. The number of aromatic nitrogens is 2. The molecular weight excluding hydrogens is 274 g/mol. The monoisotopic (exact) mass is 301 g/mol. The van der Waals surface area contributed by atoms with Crippen LogP contribution in [0.25, 0.3) is 0 Å². The molecule has 2 saturated carbocycles. The number of amides is 1. The predicted molar refractivity (Wildman–Crippen MR) is 85.3 cm³/mol. The van der Waals surface area contributed by atoms with Crippen molar-refractivity contribution in [1.29, 1.82) is 0 Å². The van der Waals surface area contributed by atoms with Gasteiger partial charge in [-0.05, 0) is 68.8 Å². The van der Waals surface area contributed by atoms with Crippen molar-refractivity contribution in [2.45, 2.75) is 64.5 Å². The first kappa shape index (κ1) is 14.3. The molecule has 4 heteroatoms. The summed E-state index contributed by atoms with van der Waals surface area (Å²) in [5, 5.41) is 4.39. The summed E-state index contributed by atoms with van der Waals surface area (Å²) in [6, 6.07) is 0.353. The Bertz CT molecular complexity index is 532. The lowest BCUT2D eigenvalue weighted by molar-refractivity contribution is -0.133. The minimum Gasteiger partial charge on any atom is -0.338 e. The molecule has 0 spiro atoms. The molecule has 0 unspecified atom stereocenters. The zero-order chi connectivity index (χ0) is 15.1. The Morgan fingerprint density at radius 3 is 2.59 bits per heavy atom. The van der Waals surface area contributed by atoms with E-state index in [0.717, 1.165) is 44.2 Å². The third-order valence-corrected chi connectivity index (χ3v) is 5.72. The highest BCUT2D eigenvalue weighted by Crippen LogP contribution is 2.51. The van der Waals surface area contributed by atoms with Crippen LogP contribution in [0.3, 0.4) is 0 Å². The molecule has 1 saturated heterocycles. The summed E-state index contributed by atoms with van der Waals surface area (Å²) in [6.45, 7) is 3.87. The maximum Gasteiger partial charge on any atom is 0.223 e. The van der Waals surface area contributed by atoms with Crippen LogP contribution in [0, 0.1) is 24.7 Å². The molecule has 22 heavy (non-hydrogen) atoms. The highest BCUT2D eigenvalue weighted by Gasteiger charge is 2.43. The standard InChI is InChI=1S/C18H27N3O/c1-13-10-19-20(11-13)12-16-3-2-8-21(16)18(22)9-17(14-4-5-14)15-6-7-15/h10-11,14-17H,2-9,12H2,1H3/t16-/m1/s1. The largest absolute Gasteiger partial charge is 0.338 e. The summed E-state index contributed by atoms with van der Waals surface area (Å²) < 4.78 is 2.00. The van der Waals surface area contributed by atoms with Gasteiger partial charge in [-0.2, -0.15) is 5.10 Å². The summed E-state index contributed by atoms with van der Waals surface area (Å²) in [7, 11) is 0. The third-order valence-electron chi connectivity index (χ3n) is 5.72. The van der Waals surface area contributed by atoms with E-state index in [-0.39, 0.29) is 0 Å². The fourth-order valence-electron chi connectivity index (χ4n) is 4.22. The van der Waals surface area contributed by atoms with E-state index in [0.29, 0.717) is 17.9 Å². The van der Waals surface area contributed by atoms with Crippen molar-refractivity contribution in [3.05, 3.63) is 18.0 Å². The van der Waals surface area contributed by atoms with Crippen LogP contribution < -0.4 is 0 Å². The average Bonchev–Trinajstić information content (AvgIpc) is 3.42. The van der Waals surface area contributed by atoms with Gasteiger partial charge in [0.2, 0.25) is 5.91 Å². The summed E-state index contributed by atoms with van der Waals surface area (Å²) in [4.78, 5) is 15.0. The van der Waals surface area contributed by atoms with Crippen molar-refractivity contribution in [2.24, 2.45) is 17.8 Å². The predicted octanol–water partition coefficient (Wildman–Crippen LogP) is 3.01. The Morgan fingerprint density at radius 1 is 1.27 bits per heavy atom. The lowest BCUT2D eigenvalue weighted by atomic mass is 9.93. The molecule has 2 aliphatic carbocycles. The van der Waals surface area contributed by atoms with Crippen molar-refractivity contribution < 1.29 is 4.79 Å². The second-order valence-corrected chi connectivity index (χ2v) is 7.67. The molecule has 4 nitrogen and oxygen atoms in total. The number of likely N-dealkylation sites (tertiary alicyclic amines) is 1. The molecular formula is C18H27N3O. The van der Waals surface area contributed by atoms with E-state index >= 15 is 0 Å². The van der Waals surface area contributed by atoms with Gasteiger partial charge in [0.15, 0.2) is 0 Å². The van der Waals surface area contributed by atoms with E-state index in [1.165, 1.54) is 31.2 Å². The van der Waals surface area contributed by atoms with E-state index in [9.17, 15) is 4.79 Å². The van der Waals surface area contributed by atoms with Crippen molar-refractivity contribution in [1.82, 2.24) is 14.7 Å². The summed E-state index contributed by atoms with van der Waals surface area (Å²) >= 11 is 0. The molecule has 0 aromatic carbocycles. The molecule has 1 amide bonds. The summed E-state index contributed by atoms with van der Waals surface area (Å²) in [5.74, 6) is 2.84. The Kier molecular flexibility index (Phi) is 3.71. The maximum absolute atomic E-state index is 12.8. The Balaban J connectivity index is 1.38. The molecule has 0 radical (unpaired) electrons. The smallest absolute Gasteiger partial charge is 0.223 e. The Labute approximate surface area is 132 Å². The minimum atomic E-state index is 0.353. The van der Waals surface area contributed by atoms with Crippen LogP contribution in [-0.2, 0) is 11.3 Å². The number of carbonyl (C=O) groups is 1. The summed E-state index contributed by atoms with van der Waals surface area (Å²) in [6.07, 6.45) is 12.5. The molecule has 1 aromatic rings. The van der Waals surface area contributed by atoms with Gasteiger partial charge in [-0.3, -0.25) is 9.48 Å². The normalized spacial score (nSPS) is 25.2. The molecule has 1 aliphatic heterocycles. The van der Waals surface area contributed by atoms with E-state index in [4.69, 9.17) is 0 Å². The second-order valence-electron chi connectivity index (χ2n) is 7.67. The molecule has 0 bridgehead atoms. The van der Waals surface area contributed by atoms with Crippen molar-refractivity contribution in [3.8, 4) is 0 Å². The zero-order valence-electron chi connectivity index (χ0n) is 13.6. The van der Waals surface area contributed by atoms with Gasteiger partial charge in [0.05, 0.1) is 18.8 Å². The van der Waals surface area contributed by atoms with Crippen LogP contribution in [0.2, 0.25) is 0 Å². The Hall–Kier alpha value is -1.32. The third kappa shape index (κ3) is 3.06. The number of hydrogen-bond donors (Lipinski definition) is 0. The Morgan fingerprint density at radius 2 is 2.00 bits per heavy atom. The summed E-state index contributed by atoms with van der Waals surface area (Å²) in [5.41, 5.74) is 1.19. The van der Waals surface area contributed by atoms with Gasteiger partial charge in [0, 0.05) is 19.2 Å². The number of hydrogen-bond acceptors (Lipinski definition) is 2. The minimum absolute atomic E-state index is 0.353. The topological polar surface area (TPSA) is 38.1 Å². The van der Waals surface area contributed by atoms with E-state index in [2.05, 4.69) is 23.1 Å². The fraction of sp³-hybridized carbons (Fsp3) is 0.778. The van der Waals surface area contributed by atoms with Crippen LogP contribution in [0.4, 0.5) is 0 Å². The molecule has 4 rings (SSSR count). The first-order valence-electron chi connectivity index (χ1n) is 8.99. The van der Waals surface area contributed by atoms with Crippen LogP contribution in [-0.4, -0.2) is 33.2 Å². The van der Waals surface area contributed by atoms with E-state index in [1.54, 1.807) is 0 Å². The number of aryl methyl sites for hydroxylation is 1. The molecule has 2 heterocycles. The van der Waals surface area contributed by atoms with Crippen LogP contribution in [0.5, 0.6) is 0 Å². The van der Waals surface area contributed by atoms with Crippen LogP contribution >= 0.6 is 0 Å². The van der Waals surface area contributed by atoms with Crippen molar-refractivity contribution in [2.75, 3.05) is 6.54 Å². The van der Waals surface area contributed by atoms with Gasteiger partial charge in [-0.1, -0.05) is 0 Å². The van der Waals surface area contributed by atoms with Gasteiger partial charge in [-0.25, -0.2) is 0 Å². The maximum atomic E-state index is 12.8. The number of carbonyl (C=O) groups excluding carboxylic acids is 1. The zero-order valence-corrected chi connectivity index (χ0v) is 13.6. The lowest BCUT2D eigenvalue weighted by Gasteiger charge is -2.27. The van der Waals surface area contributed by atoms with Gasteiger partial charge in [0.1, 0.15) is 0 Å². The molecule has 1 atom stereocenters. The first-order chi connectivity index (χ1) is 10.7. The first-order valence-corrected chi connectivity index (χ1v) is 8.99. The molecule has 1 aromatic heterocycles. The van der Waals surface area contributed by atoms with E-state index in [1.807, 2.05) is 10.9 Å². The lowest BCUT2D eigenvalue weighted by Crippen LogP contribution is -2.39.